The molecule has 0 N–H and O–H groups in total. The number of ether oxygens (including phenoxy) is 2. The number of methoxy groups -OCH3 is 1. The Kier molecular flexibility index (Phi) is 6.10. The lowest BCUT2D eigenvalue weighted by Gasteiger charge is -2.29. The molecule has 0 saturated carbocycles. The quantitative estimate of drug-likeness (QED) is 0.549. The fourth-order valence-corrected chi connectivity index (χ4v) is 4.90. The first-order valence-electron chi connectivity index (χ1n) is 11.1. The van der Waals surface area contributed by atoms with Gasteiger partial charge in [-0.3, -0.25) is 14.5 Å². The van der Waals surface area contributed by atoms with Gasteiger partial charge in [0.25, 0.3) is 5.91 Å². The SMILES string of the molecule is COc1ccccc1[C@H]1c2c(oc3ccc(Cl)cc3c2=O)C(=O)N1CCCN1CCOCC1. The number of hydrogen-bond acceptors (Lipinski definition) is 6. The highest BCUT2D eigenvalue weighted by atomic mass is 35.5. The van der Waals surface area contributed by atoms with Gasteiger partial charge in [-0.1, -0.05) is 29.8 Å². The summed E-state index contributed by atoms with van der Waals surface area (Å²) in [6, 6.07) is 11.8. The average molecular weight is 469 g/mol. The van der Waals surface area contributed by atoms with Crippen LogP contribution in [0.2, 0.25) is 5.02 Å². The zero-order valence-electron chi connectivity index (χ0n) is 18.4. The molecule has 0 radical (unpaired) electrons. The van der Waals surface area contributed by atoms with E-state index in [1.54, 1.807) is 30.2 Å². The van der Waals surface area contributed by atoms with Crippen LogP contribution >= 0.6 is 11.6 Å². The molecule has 0 bridgehead atoms. The summed E-state index contributed by atoms with van der Waals surface area (Å²) >= 11 is 6.15. The molecule has 172 valence electrons. The molecular formula is C25H25ClN2O5. The molecule has 0 spiro atoms. The third-order valence-corrected chi connectivity index (χ3v) is 6.57. The Bertz CT molecular complexity index is 1250. The largest absolute Gasteiger partial charge is 0.496 e. The van der Waals surface area contributed by atoms with Crippen LogP contribution in [0, 0.1) is 0 Å². The Balaban J connectivity index is 1.57. The van der Waals surface area contributed by atoms with Crippen molar-refractivity contribution in [2.24, 2.45) is 0 Å². The van der Waals surface area contributed by atoms with E-state index in [1.165, 1.54) is 0 Å². The van der Waals surface area contributed by atoms with Crippen molar-refractivity contribution in [3.8, 4) is 5.75 Å². The van der Waals surface area contributed by atoms with Crippen LogP contribution in [-0.2, 0) is 4.74 Å². The normalized spacial score (nSPS) is 18.7. The molecule has 1 aromatic heterocycles. The highest BCUT2D eigenvalue weighted by Crippen LogP contribution is 2.41. The van der Waals surface area contributed by atoms with Gasteiger partial charge >= 0.3 is 0 Å². The summed E-state index contributed by atoms with van der Waals surface area (Å²) in [5, 5.41) is 0.805. The van der Waals surface area contributed by atoms with E-state index in [2.05, 4.69) is 4.90 Å². The van der Waals surface area contributed by atoms with E-state index in [0.717, 1.165) is 44.8 Å². The fraction of sp³-hybridized carbons (Fsp3) is 0.360. The van der Waals surface area contributed by atoms with Crippen LogP contribution in [0.4, 0.5) is 0 Å². The van der Waals surface area contributed by atoms with Crippen molar-refractivity contribution in [3.63, 3.8) is 0 Å². The number of morpholine rings is 1. The first-order chi connectivity index (χ1) is 16.1. The number of carbonyl (C=O) groups excluding carboxylic acids is 1. The maximum absolute atomic E-state index is 13.6. The van der Waals surface area contributed by atoms with Crippen LogP contribution in [0.1, 0.15) is 34.1 Å². The summed E-state index contributed by atoms with van der Waals surface area (Å²) < 4.78 is 17.0. The summed E-state index contributed by atoms with van der Waals surface area (Å²) in [4.78, 5) is 31.2. The predicted octanol–water partition coefficient (Wildman–Crippen LogP) is 3.72. The highest BCUT2D eigenvalue weighted by molar-refractivity contribution is 6.31. The number of benzene rings is 2. The van der Waals surface area contributed by atoms with Crippen molar-refractivity contribution in [1.82, 2.24) is 9.80 Å². The maximum Gasteiger partial charge on any atom is 0.290 e. The number of halogens is 1. The molecule has 8 heteroatoms. The third-order valence-electron chi connectivity index (χ3n) is 6.34. The van der Waals surface area contributed by atoms with Crippen LogP contribution in [-0.4, -0.2) is 62.2 Å². The van der Waals surface area contributed by atoms with Crippen LogP contribution in [0.25, 0.3) is 11.0 Å². The van der Waals surface area contributed by atoms with Crippen molar-refractivity contribution < 1.29 is 18.7 Å². The molecule has 1 saturated heterocycles. The number of nitrogens with zero attached hydrogens (tertiary/aromatic N) is 2. The lowest BCUT2D eigenvalue weighted by Crippen LogP contribution is -2.38. The molecular weight excluding hydrogens is 444 g/mol. The molecule has 2 aromatic carbocycles. The van der Waals surface area contributed by atoms with E-state index in [1.807, 2.05) is 24.3 Å². The molecule has 33 heavy (non-hydrogen) atoms. The Labute approximate surface area is 196 Å². The van der Waals surface area contributed by atoms with E-state index in [-0.39, 0.29) is 17.1 Å². The number of rotatable bonds is 6. The van der Waals surface area contributed by atoms with Crippen molar-refractivity contribution in [2.75, 3.05) is 46.5 Å². The topological polar surface area (TPSA) is 72.2 Å². The molecule has 0 aliphatic carbocycles. The zero-order valence-corrected chi connectivity index (χ0v) is 19.1. The van der Waals surface area contributed by atoms with Gasteiger partial charge < -0.3 is 18.8 Å². The van der Waals surface area contributed by atoms with Gasteiger partial charge in [-0.05, 0) is 30.7 Å². The van der Waals surface area contributed by atoms with Crippen molar-refractivity contribution in [1.29, 1.82) is 0 Å². The smallest absolute Gasteiger partial charge is 0.290 e. The van der Waals surface area contributed by atoms with E-state index >= 15 is 0 Å². The maximum atomic E-state index is 13.6. The third kappa shape index (κ3) is 4.01. The number of amides is 1. The number of fused-ring (bicyclic) bond motifs is 2. The molecule has 5 rings (SSSR count). The molecule has 3 heterocycles. The van der Waals surface area contributed by atoms with Crippen LogP contribution in [0.3, 0.4) is 0 Å². The standard InChI is InChI=1S/C25H25ClN2O5/c1-31-19-6-3-2-5-17(19)22-21-23(29)18-15-16(26)7-8-20(18)33-24(21)25(30)28(22)10-4-9-27-11-13-32-14-12-27/h2-3,5-8,15,22H,4,9-14H2,1H3/t22-/m0/s1. The molecule has 1 amide bonds. The summed E-state index contributed by atoms with van der Waals surface area (Å²) in [5.74, 6) is 0.431. The Morgan fingerprint density at radius 3 is 2.67 bits per heavy atom. The van der Waals surface area contributed by atoms with E-state index < -0.39 is 6.04 Å². The minimum absolute atomic E-state index is 0.0945. The van der Waals surface area contributed by atoms with Crippen molar-refractivity contribution in [2.45, 2.75) is 12.5 Å². The Morgan fingerprint density at radius 2 is 1.88 bits per heavy atom. The number of hydrogen-bond donors (Lipinski definition) is 0. The summed E-state index contributed by atoms with van der Waals surface area (Å²) in [7, 11) is 1.59. The van der Waals surface area contributed by atoms with Gasteiger partial charge in [0, 0.05) is 36.8 Å². The second-order valence-electron chi connectivity index (χ2n) is 8.27. The van der Waals surface area contributed by atoms with Crippen LogP contribution in [0.5, 0.6) is 5.75 Å². The van der Waals surface area contributed by atoms with Crippen molar-refractivity contribution in [3.05, 3.63) is 74.6 Å². The van der Waals surface area contributed by atoms with Crippen LogP contribution in [0.15, 0.2) is 51.7 Å². The van der Waals surface area contributed by atoms with Crippen molar-refractivity contribution >= 4 is 28.5 Å². The van der Waals surface area contributed by atoms with Gasteiger partial charge in [-0.2, -0.15) is 0 Å². The van der Waals surface area contributed by atoms with Gasteiger partial charge in [-0.15, -0.1) is 0 Å². The molecule has 2 aliphatic heterocycles. The summed E-state index contributed by atoms with van der Waals surface area (Å²) in [6.45, 7) is 4.56. The van der Waals surface area contributed by atoms with Gasteiger partial charge in [0.2, 0.25) is 5.76 Å². The minimum Gasteiger partial charge on any atom is -0.496 e. The Morgan fingerprint density at radius 1 is 1.09 bits per heavy atom. The first kappa shape index (κ1) is 21.9. The van der Waals surface area contributed by atoms with Crippen LogP contribution < -0.4 is 10.2 Å². The highest BCUT2D eigenvalue weighted by Gasteiger charge is 2.43. The van der Waals surface area contributed by atoms with E-state index in [4.69, 9.17) is 25.5 Å². The number of para-hydroxylation sites is 1. The van der Waals surface area contributed by atoms with E-state index in [9.17, 15) is 9.59 Å². The zero-order chi connectivity index (χ0) is 22.9. The lowest BCUT2D eigenvalue weighted by atomic mass is 9.97. The molecule has 7 nitrogen and oxygen atoms in total. The minimum atomic E-state index is -0.590. The second-order valence-corrected chi connectivity index (χ2v) is 8.70. The summed E-state index contributed by atoms with van der Waals surface area (Å²) in [6.07, 6.45) is 0.769. The Hall–Kier alpha value is -2.87. The van der Waals surface area contributed by atoms with Gasteiger partial charge in [-0.25, -0.2) is 0 Å². The van der Waals surface area contributed by atoms with Gasteiger partial charge in [0.1, 0.15) is 11.3 Å². The van der Waals surface area contributed by atoms with Gasteiger partial charge in [0.05, 0.1) is 37.3 Å². The average Bonchev–Trinajstić information content (AvgIpc) is 3.12. The summed E-state index contributed by atoms with van der Waals surface area (Å²) in [5.41, 5.74) is 1.21. The molecule has 1 fully saturated rings. The number of carbonyl (C=O) groups is 1. The molecule has 3 aromatic rings. The fourth-order valence-electron chi connectivity index (χ4n) is 4.73. The van der Waals surface area contributed by atoms with Gasteiger partial charge in [0.15, 0.2) is 5.43 Å². The van der Waals surface area contributed by atoms with E-state index in [0.29, 0.717) is 33.8 Å². The second kappa shape index (κ2) is 9.17. The molecule has 2 aliphatic rings. The molecule has 0 unspecified atom stereocenters. The monoisotopic (exact) mass is 468 g/mol. The molecule has 1 atom stereocenters. The predicted molar refractivity (Wildman–Crippen MR) is 125 cm³/mol. The first-order valence-corrected chi connectivity index (χ1v) is 11.5. The lowest BCUT2D eigenvalue weighted by molar-refractivity contribution is 0.0353.